The molecule has 0 spiro atoms. The Hall–Kier alpha value is -1.58. The van der Waals surface area contributed by atoms with Crippen LogP contribution in [-0.2, 0) is 13.2 Å². The summed E-state index contributed by atoms with van der Waals surface area (Å²) in [7, 11) is 0. The monoisotopic (exact) mass is 425 g/mol. The van der Waals surface area contributed by atoms with Crippen LogP contribution < -0.4 is 10.1 Å². The van der Waals surface area contributed by atoms with Gasteiger partial charge in [-0.3, -0.25) is 0 Å². The first kappa shape index (κ1) is 19.2. The van der Waals surface area contributed by atoms with Crippen molar-refractivity contribution in [2.45, 2.75) is 13.2 Å². The Morgan fingerprint density at radius 1 is 0.731 bits per heavy atom. The third kappa shape index (κ3) is 4.99. The fraction of sp³-hybridized carbons (Fsp3) is 0.100. The molecule has 3 aromatic rings. The quantitative estimate of drug-likeness (QED) is 0.440. The number of hydrogen-bond donors (Lipinski definition) is 1. The minimum absolute atomic E-state index is 0.274. The molecular formula is C20H15Cl4NO. The average Bonchev–Trinajstić information content (AvgIpc) is 2.61. The van der Waals surface area contributed by atoms with E-state index in [2.05, 4.69) is 5.32 Å². The predicted octanol–water partition coefficient (Wildman–Crippen LogP) is 7.49. The maximum Gasteiger partial charge on any atom is 0.143 e. The van der Waals surface area contributed by atoms with E-state index in [1.54, 1.807) is 18.2 Å². The first-order valence-corrected chi connectivity index (χ1v) is 9.37. The van der Waals surface area contributed by atoms with E-state index in [1.807, 2.05) is 42.5 Å². The standard InChI is InChI=1S/C20H15Cl4NO/c21-15-7-6-13(18(23)9-15)12-26-20-14(8-16(22)10-19(20)24)11-25-17-4-2-1-3-5-17/h1-10,25H,11-12H2. The van der Waals surface area contributed by atoms with Crippen LogP contribution >= 0.6 is 46.4 Å². The fourth-order valence-corrected chi connectivity index (χ4v) is 3.50. The van der Waals surface area contributed by atoms with Gasteiger partial charge in [0.1, 0.15) is 12.4 Å². The molecule has 0 aromatic heterocycles. The molecule has 0 saturated carbocycles. The van der Waals surface area contributed by atoms with Gasteiger partial charge in [0.25, 0.3) is 0 Å². The lowest BCUT2D eigenvalue weighted by Crippen LogP contribution is -2.05. The van der Waals surface area contributed by atoms with Crippen LogP contribution in [0.25, 0.3) is 0 Å². The van der Waals surface area contributed by atoms with E-state index in [4.69, 9.17) is 51.1 Å². The second-order valence-corrected chi connectivity index (χ2v) is 7.31. The Labute approximate surface area is 172 Å². The molecule has 3 aromatic carbocycles. The summed E-state index contributed by atoms with van der Waals surface area (Å²) in [4.78, 5) is 0. The van der Waals surface area contributed by atoms with Crippen molar-refractivity contribution in [3.05, 3.63) is 91.9 Å². The van der Waals surface area contributed by atoms with Crippen LogP contribution in [-0.4, -0.2) is 0 Å². The van der Waals surface area contributed by atoms with Crippen LogP contribution in [0, 0.1) is 0 Å². The Bertz CT molecular complexity index is 900. The number of ether oxygens (including phenoxy) is 1. The predicted molar refractivity (Wildman–Crippen MR) is 111 cm³/mol. The van der Waals surface area contributed by atoms with Crippen LogP contribution in [0.5, 0.6) is 5.75 Å². The second kappa shape index (κ2) is 8.88. The zero-order valence-corrected chi connectivity index (χ0v) is 16.6. The van der Waals surface area contributed by atoms with Crippen molar-refractivity contribution in [3.63, 3.8) is 0 Å². The molecule has 0 amide bonds. The normalized spacial score (nSPS) is 10.6. The van der Waals surface area contributed by atoms with Crippen molar-refractivity contribution < 1.29 is 4.74 Å². The molecule has 0 atom stereocenters. The van der Waals surface area contributed by atoms with E-state index >= 15 is 0 Å². The minimum atomic E-state index is 0.274. The van der Waals surface area contributed by atoms with E-state index in [0.717, 1.165) is 16.8 Å². The van der Waals surface area contributed by atoms with Crippen LogP contribution in [0.15, 0.2) is 60.7 Å². The lowest BCUT2D eigenvalue weighted by molar-refractivity contribution is 0.303. The Kier molecular flexibility index (Phi) is 6.55. The van der Waals surface area contributed by atoms with E-state index in [0.29, 0.717) is 32.4 Å². The molecule has 26 heavy (non-hydrogen) atoms. The highest BCUT2D eigenvalue weighted by molar-refractivity contribution is 6.36. The summed E-state index contributed by atoms with van der Waals surface area (Å²) in [6.45, 7) is 0.795. The summed E-state index contributed by atoms with van der Waals surface area (Å²) < 4.78 is 5.96. The lowest BCUT2D eigenvalue weighted by Gasteiger charge is -2.16. The van der Waals surface area contributed by atoms with Crippen molar-refractivity contribution in [2.75, 3.05) is 5.32 Å². The maximum atomic E-state index is 6.36. The van der Waals surface area contributed by atoms with Crippen molar-refractivity contribution in [3.8, 4) is 5.75 Å². The number of hydrogen-bond acceptors (Lipinski definition) is 2. The summed E-state index contributed by atoms with van der Waals surface area (Å²) >= 11 is 24.7. The van der Waals surface area contributed by atoms with E-state index in [1.165, 1.54) is 0 Å². The van der Waals surface area contributed by atoms with Gasteiger partial charge in [0.2, 0.25) is 0 Å². The van der Waals surface area contributed by atoms with Crippen molar-refractivity contribution in [1.82, 2.24) is 0 Å². The SMILES string of the molecule is Clc1ccc(COc2c(Cl)cc(Cl)cc2CNc2ccccc2)c(Cl)c1. The molecule has 0 fully saturated rings. The molecular weight excluding hydrogens is 412 g/mol. The van der Waals surface area contributed by atoms with Gasteiger partial charge in [-0.1, -0.05) is 70.7 Å². The molecule has 134 valence electrons. The fourth-order valence-electron chi connectivity index (χ4n) is 2.45. The summed E-state index contributed by atoms with van der Waals surface area (Å²) in [5.41, 5.74) is 2.68. The van der Waals surface area contributed by atoms with Gasteiger partial charge in [-0.15, -0.1) is 0 Å². The molecule has 0 unspecified atom stereocenters. The molecule has 0 aliphatic heterocycles. The van der Waals surface area contributed by atoms with Crippen molar-refractivity contribution >= 4 is 52.1 Å². The first-order valence-electron chi connectivity index (χ1n) is 7.86. The number of nitrogens with one attached hydrogen (secondary N) is 1. The summed E-state index contributed by atoms with van der Waals surface area (Å²) in [6, 6.07) is 18.6. The number of halogens is 4. The molecule has 0 saturated heterocycles. The number of rotatable bonds is 6. The topological polar surface area (TPSA) is 21.3 Å². The van der Waals surface area contributed by atoms with Gasteiger partial charge in [-0.2, -0.15) is 0 Å². The Balaban J connectivity index is 1.79. The largest absolute Gasteiger partial charge is 0.487 e. The molecule has 0 bridgehead atoms. The lowest BCUT2D eigenvalue weighted by atomic mass is 10.2. The summed E-state index contributed by atoms with van der Waals surface area (Å²) in [6.07, 6.45) is 0. The number of benzene rings is 3. The van der Waals surface area contributed by atoms with Crippen LogP contribution in [0.1, 0.15) is 11.1 Å². The first-order chi connectivity index (χ1) is 12.5. The van der Waals surface area contributed by atoms with Crippen LogP contribution in [0.2, 0.25) is 20.1 Å². The van der Waals surface area contributed by atoms with E-state index < -0.39 is 0 Å². The zero-order valence-electron chi connectivity index (χ0n) is 13.6. The average molecular weight is 427 g/mol. The molecule has 6 heteroatoms. The summed E-state index contributed by atoms with van der Waals surface area (Å²) in [5.74, 6) is 0.575. The highest BCUT2D eigenvalue weighted by Crippen LogP contribution is 2.34. The van der Waals surface area contributed by atoms with Gasteiger partial charge < -0.3 is 10.1 Å². The van der Waals surface area contributed by atoms with Gasteiger partial charge in [0, 0.05) is 38.4 Å². The molecule has 0 radical (unpaired) electrons. The van der Waals surface area contributed by atoms with Crippen LogP contribution in [0.3, 0.4) is 0 Å². The van der Waals surface area contributed by atoms with Gasteiger partial charge in [0.05, 0.1) is 5.02 Å². The molecule has 0 aliphatic carbocycles. The van der Waals surface area contributed by atoms with Crippen LogP contribution in [0.4, 0.5) is 5.69 Å². The second-order valence-electron chi connectivity index (χ2n) is 5.62. The number of anilines is 1. The maximum absolute atomic E-state index is 6.36. The summed E-state index contributed by atoms with van der Waals surface area (Å²) in [5, 5.41) is 5.46. The third-order valence-corrected chi connectivity index (χ3v) is 4.82. The van der Waals surface area contributed by atoms with Gasteiger partial charge in [-0.25, -0.2) is 0 Å². The molecule has 0 heterocycles. The van der Waals surface area contributed by atoms with Crippen molar-refractivity contribution in [1.29, 1.82) is 0 Å². The molecule has 1 N–H and O–H groups in total. The van der Waals surface area contributed by atoms with Gasteiger partial charge in [0.15, 0.2) is 0 Å². The highest BCUT2D eigenvalue weighted by atomic mass is 35.5. The Morgan fingerprint density at radius 2 is 1.46 bits per heavy atom. The molecule has 2 nitrogen and oxygen atoms in total. The van der Waals surface area contributed by atoms with E-state index in [-0.39, 0.29) is 6.61 Å². The zero-order chi connectivity index (χ0) is 18.5. The molecule has 3 rings (SSSR count). The smallest absolute Gasteiger partial charge is 0.143 e. The van der Waals surface area contributed by atoms with Gasteiger partial charge >= 0.3 is 0 Å². The third-order valence-electron chi connectivity index (χ3n) is 3.73. The van der Waals surface area contributed by atoms with Crippen molar-refractivity contribution in [2.24, 2.45) is 0 Å². The Morgan fingerprint density at radius 3 is 2.19 bits per heavy atom. The van der Waals surface area contributed by atoms with E-state index in [9.17, 15) is 0 Å². The highest BCUT2D eigenvalue weighted by Gasteiger charge is 2.12. The minimum Gasteiger partial charge on any atom is -0.487 e. The number of para-hydroxylation sites is 1. The molecule has 0 aliphatic rings. The van der Waals surface area contributed by atoms with Gasteiger partial charge in [-0.05, 0) is 36.4 Å².